The molecular formula is C28H18N6O. The van der Waals surface area contributed by atoms with Crippen molar-refractivity contribution in [2.45, 2.75) is 6.42 Å². The molecule has 0 unspecified atom stereocenters. The summed E-state index contributed by atoms with van der Waals surface area (Å²) in [7, 11) is 0. The molecule has 0 bridgehead atoms. The molecule has 0 spiro atoms. The maximum Gasteiger partial charge on any atom is 0.187 e. The van der Waals surface area contributed by atoms with Crippen molar-refractivity contribution in [2.24, 2.45) is 0 Å². The van der Waals surface area contributed by atoms with Gasteiger partial charge in [0.2, 0.25) is 0 Å². The van der Waals surface area contributed by atoms with E-state index in [1.165, 1.54) is 0 Å². The van der Waals surface area contributed by atoms with Gasteiger partial charge in [0.1, 0.15) is 0 Å². The summed E-state index contributed by atoms with van der Waals surface area (Å²) in [6, 6.07) is 26.4. The third-order valence-corrected chi connectivity index (χ3v) is 6.01. The number of carbonyl (C=O) groups excluding carboxylic acids is 1. The lowest BCUT2D eigenvalue weighted by Gasteiger charge is -2.11. The first kappa shape index (κ1) is 20.5. The number of para-hydroxylation sites is 1. The molecule has 35 heavy (non-hydrogen) atoms. The van der Waals surface area contributed by atoms with Crippen molar-refractivity contribution >= 4 is 23.0 Å². The Balaban J connectivity index is 1.35. The first-order valence-corrected chi connectivity index (χ1v) is 11.1. The standard InChI is InChI=1S/C28H18N6O/c1-29-21-14-12-19(13-15-21)25(35)17-18-8-10-20(11-9-18)27-32-33-28-22-5-2-3-6-23(22)31-26-24(34(27)28)7-4-16-30-26/h2-16H,17H2,(H,30,31). The van der Waals surface area contributed by atoms with Gasteiger partial charge in [0.15, 0.2) is 28.9 Å². The van der Waals surface area contributed by atoms with Crippen molar-refractivity contribution < 1.29 is 4.79 Å². The molecule has 0 saturated carbocycles. The van der Waals surface area contributed by atoms with Gasteiger partial charge in [-0.15, -0.1) is 10.2 Å². The molecule has 1 N–H and O–H groups in total. The highest BCUT2D eigenvalue weighted by atomic mass is 16.1. The number of anilines is 2. The molecule has 3 heterocycles. The molecule has 5 aromatic rings. The van der Waals surface area contributed by atoms with Gasteiger partial charge in [0, 0.05) is 29.3 Å². The van der Waals surface area contributed by atoms with Gasteiger partial charge in [0.05, 0.1) is 17.9 Å². The van der Waals surface area contributed by atoms with E-state index in [1.54, 1.807) is 30.5 Å². The van der Waals surface area contributed by atoms with E-state index in [4.69, 9.17) is 6.57 Å². The third kappa shape index (κ3) is 3.63. The topological polar surface area (TPSA) is 77.1 Å². The molecule has 2 aromatic heterocycles. The van der Waals surface area contributed by atoms with E-state index >= 15 is 0 Å². The number of rotatable bonds is 4. The van der Waals surface area contributed by atoms with E-state index in [0.717, 1.165) is 39.7 Å². The number of benzene rings is 3. The molecule has 6 rings (SSSR count). The number of pyridine rings is 1. The lowest BCUT2D eigenvalue weighted by Crippen LogP contribution is -2.04. The fraction of sp³-hybridized carbons (Fsp3) is 0.0357. The van der Waals surface area contributed by atoms with Crippen LogP contribution in [0.2, 0.25) is 0 Å². The van der Waals surface area contributed by atoms with Crippen molar-refractivity contribution in [1.29, 1.82) is 0 Å². The zero-order chi connectivity index (χ0) is 23.8. The average Bonchev–Trinajstić information content (AvgIpc) is 3.29. The van der Waals surface area contributed by atoms with Crippen molar-refractivity contribution in [3.63, 3.8) is 0 Å². The van der Waals surface area contributed by atoms with E-state index in [0.29, 0.717) is 17.1 Å². The normalized spacial score (nSPS) is 11.3. The van der Waals surface area contributed by atoms with Gasteiger partial charge in [-0.1, -0.05) is 60.7 Å². The number of aromatic nitrogens is 4. The zero-order valence-corrected chi connectivity index (χ0v) is 18.5. The minimum atomic E-state index is 0.00769. The summed E-state index contributed by atoms with van der Waals surface area (Å²) in [5, 5.41) is 12.5. The molecule has 1 aliphatic heterocycles. The first-order chi connectivity index (χ1) is 17.2. The Morgan fingerprint density at radius 1 is 0.886 bits per heavy atom. The summed E-state index contributed by atoms with van der Waals surface area (Å²) in [5.74, 6) is 2.16. The van der Waals surface area contributed by atoms with E-state index in [9.17, 15) is 4.79 Å². The Hall–Kier alpha value is -5.09. The molecule has 0 saturated heterocycles. The molecule has 166 valence electrons. The quantitative estimate of drug-likeness (QED) is 0.260. The van der Waals surface area contributed by atoms with Crippen LogP contribution in [0.1, 0.15) is 15.9 Å². The third-order valence-electron chi connectivity index (χ3n) is 6.01. The molecule has 0 radical (unpaired) electrons. The molecule has 7 nitrogen and oxygen atoms in total. The van der Waals surface area contributed by atoms with Crippen LogP contribution < -0.4 is 5.32 Å². The number of nitrogens with zero attached hydrogens (tertiary/aromatic N) is 5. The summed E-state index contributed by atoms with van der Waals surface area (Å²) in [6.45, 7) is 7.05. The predicted molar refractivity (Wildman–Crippen MR) is 134 cm³/mol. The Labute approximate surface area is 201 Å². The Bertz CT molecular complexity index is 1610. The van der Waals surface area contributed by atoms with Crippen LogP contribution in [-0.2, 0) is 6.42 Å². The maximum absolute atomic E-state index is 12.7. The van der Waals surface area contributed by atoms with Crippen LogP contribution in [0.4, 0.5) is 17.2 Å². The zero-order valence-electron chi connectivity index (χ0n) is 18.5. The lowest BCUT2D eigenvalue weighted by molar-refractivity contribution is 0.0993. The van der Waals surface area contributed by atoms with Crippen LogP contribution >= 0.6 is 0 Å². The number of hydrogen-bond acceptors (Lipinski definition) is 5. The minimum absolute atomic E-state index is 0.00769. The average molecular weight is 454 g/mol. The number of nitrogens with one attached hydrogen (secondary N) is 1. The molecule has 0 aliphatic carbocycles. The van der Waals surface area contributed by atoms with E-state index in [1.807, 2.05) is 65.2 Å². The first-order valence-electron chi connectivity index (χ1n) is 11.1. The van der Waals surface area contributed by atoms with Gasteiger partial charge < -0.3 is 5.32 Å². The fourth-order valence-electron chi connectivity index (χ4n) is 4.24. The lowest BCUT2D eigenvalue weighted by atomic mass is 10.0. The Kier molecular flexibility index (Phi) is 4.90. The summed E-state index contributed by atoms with van der Waals surface area (Å²) in [6.07, 6.45) is 2.03. The van der Waals surface area contributed by atoms with Crippen molar-refractivity contribution in [3.05, 3.63) is 114 Å². The molecule has 0 fully saturated rings. The molecule has 1 aliphatic rings. The second-order valence-electron chi connectivity index (χ2n) is 8.18. The maximum atomic E-state index is 12.7. The highest BCUT2D eigenvalue weighted by Crippen LogP contribution is 2.38. The molecule has 0 atom stereocenters. The van der Waals surface area contributed by atoms with Crippen LogP contribution in [0, 0.1) is 6.57 Å². The highest BCUT2D eigenvalue weighted by molar-refractivity contribution is 5.97. The second-order valence-corrected chi connectivity index (χ2v) is 8.18. The number of Topliss-reactive ketones (excluding diaryl/α,β-unsaturated/α-hetero) is 1. The monoisotopic (exact) mass is 454 g/mol. The van der Waals surface area contributed by atoms with Gasteiger partial charge >= 0.3 is 0 Å². The summed E-state index contributed by atoms with van der Waals surface area (Å²) >= 11 is 0. The van der Waals surface area contributed by atoms with Crippen LogP contribution in [0.25, 0.3) is 33.3 Å². The van der Waals surface area contributed by atoms with Gasteiger partial charge in [-0.2, -0.15) is 0 Å². The largest absolute Gasteiger partial charge is 0.338 e. The van der Waals surface area contributed by atoms with Crippen molar-refractivity contribution in [3.8, 4) is 28.5 Å². The number of hydrogen-bond donors (Lipinski definition) is 1. The SMILES string of the molecule is [C-]#[N+]c1ccc(C(=O)Cc2ccc(-c3nnc4n3-c3cccnc3Nc3ccccc3-4)cc2)cc1. The fourth-order valence-corrected chi connectivity index (χ4v) is 4.24. The Morgan fingerprint density at radius 2 is 1.66 bits per heavy atom. The van der Waals surface area contributed by atoms with Crippen LogP contribution in [0.3, 0.4) is 0 Å². The predicted octanol–water partition coefficient (Wildman–Crippen LogP) is 6.03. The van der Waals surface area contributed by atoms with Gasteiger partial charge in [-0.3, -0.25) is 9.36 Å². The van der Waals surface area contributed by atoms with Crippen molar-refractivity contribution in [1.82, 2.24) is 19.7 Å². The van der Waals surface area contributed by atoms with Crippen LogP contribution in [0.15, 0.2) is 91.1 Å². The van der Waals surface area contributed by atoms with Crippen LogP contribution in [-0.4, -0.2) is 25.5 Å². The number of ketones is 1. The summed E-state index contributed by atoms with van der Waals surface area (Å²) in [4.78, 5) is 20.6. The van der Waals surface area contributed by atoms with E-state index in [2.05, 4.69) is 25.3 Å². The number of fused-ring (bicyclic) bond motifs is 5. The summed E-state index contributed by atoms with van der Waals surface area (Å²) < 4.78 is 2.01. The molecular weight excluding hydrogens is 436 g/mol. The number of carbonyl (C=O) groups is 1. The molecule has 3 aromatic carbocycles. The highest BCUT2D eigenvalue weighted by Gasteiger charge is 2.24. The minimum Gasteiger partial charge on any atom is -0.338 e. The van der Waals surface area contributed by atoms with E-state index in [-0.39, 0.29) is 12.2 Å². The van der Waals surface area contributed by atoms with E-state index < -0.39 is 0 Å². The van der Waals surface area contributed by atoms with Gasteiger partial charge in [0.25, 0.3) is 0 Å². The second kappa shape index (κ2) is 8.36. The summed E-state index contributed by atoms with van der Waals surface area (Å²) in [5.41, 5.74) is 5.63. The molecule has 7 heteroatoms. The molecule has 0 amide bonds. The van der Waals surface area contributed by atoms with Crippen LogP contribution in [0.5, 0.6) is 0 Å². The van der Waals surface area contributed by atoms with Crippen molar-refractivity contribution in [2.75, 3.05) is 5.32 Å². The Morgan fingerprint density at radius 3 is 2.46 bits per heavy atom. The smallest absolute Gasteiger partial charge is 0.187 e. The van der Waals surface area contributed by atoms with Gasteiger partial charge in [-0.25, -0.2) is 9.83 Å². The van der Waals surface area contributed by atoms with Gasteiger partial charge in [-0.05, 0) is 29.8 Å².